The maximum atomic E-state index is 10.7. The van der Waals surface area contributed by atoms with Crippen molar-refractivity contribution in [3.8, 4) is 11.5 Å². The molecule has 2 aromatic heterocycles. The fraction of sp³-hybridized carbons (Fsp3) is 0. The Hall–Kier alpha value is -2.57. The number of anilines is 1. The van der Waals surface area contributed by atoms with Gasteiger partial charge in [0.1, 0.15) is 17.1 Å². The molecule has 2 heterocycles. The lowest BCUT2D eigenvalue weighted by Crippen LogP contribution is -2.07. The highest BCUT2D eigenvalue weighted by Crippen LogP contribution is 2.14. The van der Waals surface area contributed by atoms with E-state index >= 15 is 0 Å². The van der Waals surface area contributed by atoms with E-state index in [9.17, 15) is 4.79 Å². The largest absolute Gasteiger partial charge is 0.477 e. The first-order valence-corrected chi connectivity index (χ1v) is 4.30. The van der Waals surface area contributed by atoms with Crippen molar-refractivity contribution in [1.82, 2.24) is 19.9 Å². The summed E-state index contributed by atoms with van der Waals surface area (Å²) in [5.41, 5.74) is 5.78. The van der Waals surface area contributed by atoms with Crippen LogP contribution in [0.15, 0.2) is 24.8 Å². The van der Waals surface area contributed by atoms with Crippen LogP contribution in [0.3, 0.4) is 0 Å². The zero-order valence-electron chi connectivity index (χ0n) is 8.03. The van der Waals surface area contributed by atoms with Gasteiger partial charge in [0.25, 0.3) is 0 Å². The summed E-state index contributed by atoms with van der Waals surface area (Å²) in [6.07, 6.45) is 5.61. The minimum Gasteiger partial charge on any atom is -0.477 e. The lowest BCUT2D eigenvalue weighted by Gasteiger charge is -2.01. The summed E-state index contributed by atoms with van der Waals surface area (Å²) in [6.45, 7) is 0. The van der Waals surface area contributed by atoms with Crippen LogP contribution in [0.25, 0.3) is 11.5 Å². The number of carboxylic acids is 1. The molecule has 0 bridgehead atoms. The zero-order valence-corrected chi connectivity index (χ0v) is 8.03. The van der Waals surface area contributed by atoms with Crippen LogP contribution in [0.2, 0.25) is 0 Å². The number of aromatic nitrogens is 4. The van der Waals surface area contributed by atoms with Crippen molar-refractivity contribution in [3.05, 3.63) is 30.4 Å². The standard InChI is InChI=1S/C9H7N5O2/c10-7-5(9(15)16)3-13-8(14-7)6-4-11-1-2-12-6/h1-4H,(H,15,16)(H2,10,13,14). The zero-order chi connectivity index (χ0) is 11.5. The molecule has 2 rings (SSSR count). The highest BCUT2D eigenvalue weighted by molar-refractivity contribution is 5.92. The van der Waals surface area contributed by atoms with Crippen LogP contribution >= 0.6 is 0 Å². The molecule has 0 amide bonds. The first kappa shape index (κ1) is 9.97. The van der Waals surface area contributed by atoms with Crippen LogP contribution in [-0.2, 0) is 0 Å². The third kappa shape index (κ3) is 1.78. The van der Waals surface area contributed by atoms with Crippen LogP contribution in [0.5, 0.6) is 0 Å². The highest BCUT2D eigenvalue weighted by Gasteiger charge is 2.12. The molecule has 0 aliphatic rings. The fourth-order valence-electron chi connectivity index (χ4n) is 1.10. The third-order valence-corrected chi connectivity index (χ3v) is 1.84. The number of nitrogens with zero attached hydrogens (tertiary/aromatic N) is 4. The minimum absolute atomic E-state index is 0.0943. The summed E-state index contributed by atoms with van der Waals surface area (Å²) < 4.78 is 0. The quantitative estimate of drug-likeness (QED) is 0.738. The van der Waals surface area contributed by atoms with Crippen LogP contribution in [0, 0.1) is 0 Å². The summed E-state index contributed by atoms with van der Waals surface area (Å²) in [4.78, 5) is 26.2. The number of carbonyl (C=O) groups is 1. The SMILES string of the molecule is Nc1nc(-c2cnccn2)ncc1C(=O)O. The first-order valence-electron chi connectivity index (χ1n) is 4.30. The first-order chi connectivity index (χ1) is 7.68. The van der Waals surface area contributed by atoms with Crippen molar-refractivity contribution in [3.63, 3.8) is 0 Å². The molecule has 0 radical (unpaired) electrons. The predicted octanol–water partition coefficient (Wildman–Crippen LogP) is 0.214. The van der Waals surface area contributed by atoms with Crippen molar-refractivity contribution in [2.75, 3.05) is 5.73 Å². The number of carboxylic acid groups (broad SMARTS) is 1. The number of nitrogens with two attached hydrogens (primary N) is 1. The van der Waals surface area contributed by atoms with E-state index in [0.29, 0.717) is 5.69 Å². The monoisotopic (exact) mass is 217 g/mol. The molecule has 0 saturated carbocycles. The second-order valence-electron chi connectivity index (χ2n) is 2.89. The van der Waals surface area contributed by atoms with Crippen LogP contribution < -0.4 is 5.73 Å². The molecule has 80 valence electrons. The third-order valence-electron chi connectivity index (χ3n) is 1.84. The molecular weight excluding hydrogens is 210 g/mol. The smallest absolute Gasteiger partial charge is 0.341 e. The molecule has 0 fully saturated rings. The summed E-state index contributed by atoms with van der Waals surface area (Å²) in [5, 5.41) is 8.74. The van der Waals surface area contributed by atoms with Gasteiger partial charge in [-0.3, -0.25) is 4.98 Å². The van der Waals surface area contributed by atoms with Gasteiger partial charge in [0, 0.05) is 18.6 Å². The van der Waals surface area contributed by atoms with E-state index in [1.807, 2.05) is 0 Å². The van der Waals surface area contributed by atoms with Gasteiger partial charge in [0.05, 0.1) is 6.20 Å². The van der Waals surface area contributed by atoms with Crippen molar-refractivity contribution in [2.24, 2.45) is 0 Å². The number of aromatic carboxylic acids is 1. The Kier molecular flexibility index (Phi) is 2.42. The molecule has 0 aromatic carbocycles. The number of hydrogen-bond acceptors (Lipinski definition) is 6. The van der Waals surface area contributed by atoms with Crippen molar-refractivity contribution in [1.29, 1.82) is 0 Å². The molecule has 0 saturated heterocycles. The molecule has 7 nitrogen and oxygen atoms in total. The van der Waals surface area contributed by atoms with Crippen molar-refractivity contribution >= 4 is 11.8 Å². The highest BCUT2D eigenvalue weighted by atomic mass is 16.4. The number of hydrogen-bond donors (Lipinski definition) is 2. The van der Waals surface area contributed by atoms with E-state index in [4.69, 9.17) is 10.8 Å². The summed E-state index contributed by atoms with van der Waals surface area (Å²) in [5.74, 6) is -1.01. The molecule has 0 aliphatic heterocycles. The van der Waals surface area contributed by atoms with E-state index < -0.39 is 5.97 Å². The van der Waals surface area contributed by atoms with E-state index in [-0.39, 0.29) is 17.2 Å². The maximum Gasteiger partial charge on any atom is 0.341 e. The lowest BCUT2D eigenvalue weighted by molar-refractivity contribution is 0.0697. The van der Waals surface area contributed by atoms with Crippen molar-refractivity contribution < 1.29 is 9.90 Å². The fourth-order valence-corrected chi connectivity index (χ4v) is 1.10. The Morgan fingerprint density at radius 3 is 2.62 bits per heavy atom. The van der Waals surface area contributed by atoms with Crippen LogP contribution in [0.1, 0.15) is 10.4 Å². The van der Waals surface area contributed by atoms with Crippen LogP contribution in [0.4, 0.5) is 5.82 Å². The summed E-state index contributed by atoms with van der Waals surface area (Å²) in [7, 11) is 0. The van der Waals surface area contributed by atoms with Gasteiger partial charge in [-0.05, 0) is 0 Å². The van der Waals surface area contributed by atoms with Gasteiger partial charge >= 0.3 is 5.97 Å². The van der Waals surface area contributed by atoms with Gasteiger partial charge in [0.15, 0.2) is 5.82 Å². The van der Waals surface area contributed by atoms with E-state index in [2.05, 4.69) is 19.9 Å². The Labute approximate surface area is 90.0 Å². The normalized spacial score (nSPS) is 10.0. The van der Waals surface area contributed by atoms with E-state index in [0.717, 1.165) is 6.20 Å². The van der Waals surface area contributed by atoms with Gasteiger partial charge in [-0.2, -0.15) is 0 Å². The molecule has 2 aromatic rings. The van der Waals surface area contributed by atoms with E-state index in [1.54, 1.807) is 0 Å². The molecule has 16 heavy (non-hydrogen) atoms. The minimum atomic E-state index is -1.16. The Morgan fingerprint density at radius 1 is 1.25 bits per heavy atom. The molecule has 0 spiro atoms. The average molecular weight is 217 g/mol. The topological polar surface area (TPSA) is 115 Å². The lowest BCUT2D eigenvalue weighted by atomic mass is 10.3. The summed E-state index contributed by atoms with van der Waals surface area (Å²) >= 11 is 0. The number of nitrogen functional groups attached to an aromatic ring is 1. The van der Waals surface area contributed by atoms with Gasteiger partial charge in [0.2, 0.25) is 0 Å². The molecule has 3 N–H and O–H groups in total. The Bertz CT molecular complexity index is 529. The maximum absolute atomic E-state index is 10.7. The van der Waals surface area contributed by atoms with Gasteiger partial charge in [-0.1, -0.05) is 0 Å². The predicted molar refractivity (Wildman–Crippen MR) is 54.4 cm³/mol. The Morgan fingerprint density at radius 2 is 2.06 bits per heavy atom. The Balaban J connectivity index is 2.46. The average Bonchev–Trinajstić information content (AvgIpc) is 2.29. The van der Waals surface area contributed by atoms with Crippen molar-refractivity contribution in [2.45, 2.75) is 0 Å². The molecule has 0 atom stereocenters. The van der Waals surface area contributed by atoms with Gasteiger partial charge in [-0.15, -0.1) is 0 Å². The molecule has 0 unspecified atom stereocenters. The van der Waals surface area contributed by atoms with Gasteiger partial charge < -0.3 is 10.8 Å². The molecule has 7 heteroatoms. The van der Waals surface area contributed by atoms with E-state index in [1.165, 1.54) is 18.6 Å². The second-order valence-corrected chi connectivity index (χ2v) is 2.89. The molecular formula is C9H7N5O2. The second kappa shape index (κ2) is 3.89. The summed E-state index contributed by atoms with van der Waals surface area (Å²) in [6, 6.07) is 0. The number of rotatable bonds is 2. The van der Waals surface area contributed by atoms with Crippen LogP contribution in [-0.4, -0.2) is 31.0 Å². The molecule has 0 aliphatic carbocycles. The van der Waals surface area contributed by atoms with Gasteiger partial charge in [-0.25, -0.2) is 19.7 Å².